The number of benzene rings is 4. The Kier molecular flexibility index (Phi) is 5.09. The molecule has 0 aliphatic carbocycles. The zero-order chi connectivity index (χ0) is 23.4. The van der Waals surface area contributed by atoms with Gasteiger partial charge in [0.1, 0.15) is 5.75 Å². The summed E-state index contributed by atoms with van der Waals surface area (Å²) in [7, 11) is 0. The number of ether oxygens (including phenoxy) is 1. The van der Waals surface area contributed by atoms with Crippen molar-refractivity contribution < 1.29 is 9.53 Å². The van der Waals surface area contributed by atoms with Crippen LogP contribution in [0.4, 0.5) is 0 Å². The van der Waals surface area contributed by atoms with Gasteiger partial charge >= 0.3 is 0 Å². The van der Waals surface area contributed by atoms with E-state index in [0.717, 1.165) is 27.8 Å². The van der Waals surface area contributed by atoms with Crippen LogP contribution in [-0.2, 0) is 0 Å². The Balaban J connectivity index is 1.45. The van der Waals surface area contributed by atoms with Gasteiger partial charge in [-0.15, -0.1) is 0 Å². The van der Waals surface area contributed by atoms with Crippen molar-refractivity contribution in [3.05, 3.63) is 111 Å². The number of aryl methyl sites for hydroxylation is 1. The van der Waals surface area contributed by atoms with E-state index < -0.39 is 6.23 Å². The van der Waals surface area contributed by atoms with E-state index in [1.165, 1.54) is 5.39 Å². The van der Waals surface area contributed by atoms with Crippen LogP contribution in [0.2, 0.25) is 10.0 Å². The molecule has 0 radical (unpaired) electrons. The average Bonchev–Trinajstić information content (AvgIpc) is 3.29. The smallest absolute Gasteiger partial charge is 0.251 e. The summed E-state index contributed by atoms with van der Waals surface area (Å²) in [6.45, 7) is 1.99. The number of ketones is 1. The molecule has 0 amide bonds. The number of hydrazone groups is 1. The number of fused-ring (bicyclic) bond motifs is 4. The summed E-state index contributed by atoms with van der Waals surface area (Å²) in [4.78, 5) is 13.6. The van der Waals surface area contributed by atoms with Gasteiger partial charge in [0.15, 0.2) is 0 Å². The van der Waals surface area contributed by atoms with Crippen molar-refractivity contribution in [3.8, 4) is 5.75 Å². The molecular formula is C28H20Cl2N2O2. The first-order chi connectivity index (χ1) is 16.5. The van der Waals surface area contributed by atoms with Gasteiger partial charge in [-0.05, 0) is 41.5 Å². The van der Waals surface area contributed by atoms with Gasteiger partial charge in [0.2, 0.25) is 5.78 Å². The lowest BCUT2D eigenvalue weighted by atomic mass is 9.95. The van der Waals surface area contributed by atoms with Crippen LogP contribution in [-0.4, -0.2) is 22.7 Å². The van der Waals surface area contributed by atoms with Gasteiger partial charge in [0.05, 0.1) is 16.8 Å². The first-order valence-corrected chi connectivity index (χ1v) is 11.8. The molecule has 168 valence electrons. The van der Waals surface area contributed by atoms with Gasteiger partial charge in [-0.2, -0.15) is 5.10 Å². The van der Waals surface area contributed by atoms with Crippen LogP contribution in [0.3, 0.4) is 0 Å². The number of nitrogens with zero attached hydrogens (tertiary/aromatic N) is 2. The van der Waals surface area contributed by atoms with E-state index in [1.54, 1.807) is 11.1 Å². The van der Waals surface area contributed by atoms with Gasteiger partial charge in [0, 0.05) is 22.6 Å². The monoisotopic (exact) mass is 486 g/mol. The van der Waals surface area contributed by atoms with Crippen molar-refractivity contribution in [1.29, 1.82) is 0 Å². The Labute approximate surface area is 207 Å². The molecule has 4 aromatic carbocycles. The SMILES string of the molecule is Cc1ccc(C(=O)[C@H]2Oc3c(Cl)cc(Cl)cc3[C@@H]3CC(c4ccc5ccccc5c4)=NN23)cc1. The second-order valence-electron chi connectivity index (χ2n) is 8.72. The maximum atomic E-state index is 13.6. The summed E-state index contributed by atoms with van der Waals surface area (Å²) < 4.78 is 6.21. The van der Waals surface area contributed by atoms with Crippen molar-refractivity contribution in [2.45, 2.75) is 25.6 Å². The highest BCUT2D eigenvalue weighted by Gasteiger charge is 2.44. The van der Waals surface area contributed by atoms with Crippen molar-refractivity contribution in [1.82, 2.24) is 5.01 Å². The molecule has 2 atom stereocenters. The van der Waals surface area contributed by atoms with Gasteiger partial charge in [0.25, 0.3) is 6.23 Å². The molecule has 0 unspecified atom stereocenters. The first-order valence-electron chi connectivity index (χ1n) is 11.1. The second kappa shape index (κ2) is 8.15. The molecule has 0 N–H and O–H groups in total. The van der Waals surface area contributed by atoms with Crippen molar-refractivity contribution in [2.24, 2.45) is 5.10 Å². The Morgan fingerprint density at radius 1 is 0.971 bits per heavy atom. The molecule has 0 aromatic heterocycles. The summed E-state index contributed by atoms with van der Waals surface area (Å²) in [5.41, 5.74) is 4.40. The summed E-state index contributed by atoms with van der Waals surface area (Å²) in [6.07, 6.45) is -0.305. The van der Waals surface area contributed by atoms with Crippen LogP contribution in [0, 0.1) is 6.92 Å². The molecule has 6 rings (SSSR count). The summed E-state index contributed by atoms with van der Waals surface area (Å²) in [5.74, 6) is 0.331. The van der Waals surface area contributed by atoms with E-state index in [-0.39, 0.29) is 11.8 Å². The van der Waals surface area contributed by atoms with Crippen LogP contribution in [0.1, 0.15) is 39.5 Å². The summed E-state index contributed by atoms with van der Waals surface area (Å²) in [6, 6.07) is 25.3. The molecule has 0 bridgehead atoms. The topological polar surface area (TPSA) is 41.9 Å². The number of Topliss-reactive ketones (excluding diaryl/α,β-unsaturated/α-hetero) is 1. The number of carbonyl (C=O) groups excluding carboxylic acids is 1. The fourth-order valence-corrected chi connectivity index (χ4v) is 5.24. The summed E-state index contributed by atoms with van der Waals surface area (Å²) >= 11 is 12.9. The molecule has 0 spiro atoms. The molecule has 34 heavy (non-hydrogen) atoms. The zero-order valence-corrected chi connectivity index (χ0v) is 19.8. The predicted octanol–water partition coefficient (Wildman–Crippen LogP) is 7.21. The van der Waals surface area contributed by atoms with Gasteiger partial charge in [-0.25, -0.2) is 5.01 Å². The molecule has 0 fully saturated rings. The Morgan fingerprint density at radius 3 is 2.53 bits per heavy atom. The molecular weight excluding hydrogens is 467 g/mol. The number of carbonyl (C=O) groups is 1. The quantitative estimate of drug-likeness (QED) is 0.287. The Morgan fingerprint density at radius 2 is 1.74 bits per heavy atom. The highest BCUT2D eigenvalue weighted by atomic mass is 35.5. The molecule has 4 aromatic rings. The third kappa shape index (κ3) is 3.54. The van der Waals surface area contributed by atoms with Crippen LogP contribution < -0.4 is 4.74 Å². The number of halogens is 2. The minimum Gasteiger partial charge on any atom is -0.459 e. The van der Waals surface area contributed by atoms with Crippen LogP contribution in [0.25, 0.3) is 10.8 Å². The molecule has 4 nitrogen and oxygen atoms in total. The molecule has 2 aliphatic rings. The van der Waals surface area contributed by atoms with E-state index in [9.17, 15) is 4.79 Å². The predicted molar refractivity (Wildman–Crippen MR) is 136 cm³/mol. The Hall–Kier alpha value is -3.34. The maximum Gasteiger partial charge on any atom is 0.251 e. The van der Waals surface area contributed by atoms with Crippen molar-refractivity contribution in [2.75, 3.05) is 0 Å². The minimum absolute atomic E-state index is 0.162. The highest BCUT2D eigenvalue weighted by molar-refractivity contribution is 6.35. The number of hydrogen-bond donors (Lipinski definition) is 0. The fraction of sp³-hybridized carbons (Fsp3) is 0.143. The Bertz CT molecular complexity index is 1480. The number of hydrogen-bond acceptors (Lipinski definition) is 4. The summed E-state index contributed by atoms with van der Waals surface area (Å²) in [5, 5.41) is 9.90. The standard InChI is InChI=1S/C28H20Cl2N2O2/c1-16-6-8-18(9-7-16)26(33)28-32-25(22-13-21(29)14-23(30)27(22)34-28)15-24(31-32)20-11-10-17-4-2-3-5-19(17)12-20/h2-14,25,28H,15H2,1H3/t25-,28+/m0/s1. The van der Waals surface area contributed by atoms with E-state index in [0.29, 0.717) is 27.8 Å². The lowest BCUT2D eigenvalue weighted by Gasteiger charge is -2.37. The van der Waals surface area contributed by atoms with Crippen LogP contribution in [0.15, 0.2) is 84.0 Å². The lowest BCUT2D eigenvalue weighted by Crippen LogP contribution is -2.46. The van der Waals surface area contributed by atoms with Crippen molar-refractivity contribution in [3.63, 3.8) is 0 Å². The molecule has 6 heteroatoms. The fourth-order valence-electron chi connectivity index (χ4n) is 4.69. The maximum absolute atomic E-state index is 13.6. The lowest BCUT2D eigenvalue weighted by molar-refractivity contribution is -0.00447. The molecule has 2 heterocycles. The second-order valence-corrected chi connectivity index (χ2v) is 9.56. The van der Waals surface area contributed by atoms with Crippen LogP contribution >= 0.6 is 23.2 Å². The zero-order valence-electron chi connectivity index (χ0n) is 18.3. The normalized spacial score (nSPS) is 18.8. The number of rotatable bonds is 3. The largest absolute Gasteiger partial charge is 0.459 e. The highest BCUT2D eigenvalue weighted by Crippen LogP contribution is 2.47. The third-order valence-electron chi connectivity index (χ3n) is 6.45. The first kappa shape index (κ1) is 21.2. The molecule has 0 saturated carbocycles. The van der Waals surface area contributed by atoms with E-state index >= 15 is 0 Å². The van der Waals surface area contributed by atoms with Gasteiger partial charge in [-0.3, -0.25) is 4.79 Å². The van der Waals surface area contributed by atoms with Gasteiger partial charge in [-0.1, -0.05) is 89.4 Å². The van der Waals surface area contributed by atoms with E-state index in [2.05, 4.69) is 30.3 Å². The van der Waals surface area contributed by atoms with Crippen molar-refractivity contribution >= 4 is 45.5 Å². The van der Waals surface area contributed by atoms with E-state index in [4.69, 9.17) is 33.0 Å². The minimum atomic E-state index is -0.920. The van der Waals surface area contributed by atoms with E-state index in [1.807, 2.05) is 49.4 Å². The average molecular weight is 487 g/mol. The molecule has 2 aliphatic heterocycles. The van der Waals surface area contributed by atoms with Crippen LogP contribution in [0.5, 0.6) is 5.75 Å². The van der Waals surface area contributed by atoms with Gasteiger partial charge < -0.3 is 4.74 Å². The third-order valence-corrected chi connectivity index (χ3v) is 6.95. The molecule has 0 saturated heterocycles.